The van der Waals surface area contributed by atoms with Gasteiger partial charge in [0, 0.05) is 0 Å². The quantitative estimate of drug-likeness (QED) is 0.722. The molecule has 0 saturated heterocycles. The van der Waals surface area contributed by atoms with Crippen LogP contribution in [0.1, 0.15) is 0 Å². The Morgan fingerprint density at radius 1 is 1.23 bits per heavy atom. The second kappa shape index (κ2) is 2.89. The molecule has 2 rings (SSSR count). The van der Waals surface area contributed by atoms with Crippen LogP contribution in [-0.2, 0) is 0 Å². The van der Waals surface area contributed by atoms with E-state index in [4.69, 9.17) is 9.47 Å². The van der Waals surface area contributed by atoms with Crippen molar-refractivity contribution in [1.29, 1.82) is 0 Å². The summed E-state index contributed by atoms with van der Waals surface area (Å²) in [6.07, 6.45) is 1.60. The monoisotopic (exact) mass is 180 g/mol. The summed E-state index contributed by atoms with van der Waals surface area (Å²) in [6.45, 7) is 0. The zero-order valence-electron chi connectivity index (χ0n) is 7.24. The van der Waals surface area contributed by atoms with Crippen LogP contribution in [0.15, 0.2) is 6.20 Å². The number of hydrogen-bond donors (Lipinski definition) is 1. The van der Waals surface area contributed by atoms with Crippen LogP contribution in [0.2, 0.25) is 0 Å². The molecule has 0 aliphatic heterocycles. The first-order chi connectivity index (χ1) is 6.35. The first-order valence-electron chi connectivity index (χ1n) is 3.64. The minimum absolute atomic E-state index is 0.258. The lowest BCUT2D eigenvalue weighted by atomic mass is 10.4. The molecule has 6 heteroatoms. The van der Waals surface area contributed by atoms with Gasteiger partial charge in [0.1, 0.15) is 5.39 Å². The van der Waals surface area contributed by atoms with Crippen LogP contribution in [0.25, 0.3) is 11.0 Å². The molecule has 0 radical (unpaired) electrons. The summed E-state index contributed by atoms with van der Waals surface area (Å²) in [7, 11) is 3.03. The third kappa shape index (κ3) is 1.16. The first kappa shape index (κ1) is 7.78. The Morgan fingerprint density at radius 2 is 2.08 bits per heavy atom. The molecule has 0 spiro atoms. The molecule has 2 aromatic rings. The van der Waals surface area contributed by atoms with Gasteiger partial charge in [-0.1, -0.05) is 0 Å². The molecule has 0 saturated carbocycles. The smallest absolute Gasteiger partial charge is 0.321 e. The van der Waals surface area contributed by atoms with Crippen molar-refractivity contribution >= 4 is 11.0 Å². The summed E-state index contributed by atoms with van der Waals surface area (Å²) < 4.78 is 9.92. The number of H-pyrrole nitrogens is 1. The number of ether oxygens (including phenoxy) is 2. The van der Waals surface area contributed by atoms with Gasteiger partial charge in [0.15, 0.2) is 5.65 Å². The molecule has 13 heavy (non-hydrogen) atoms. The van der Waals surface area contributed by atoms with Crippen molar-refractivity contribution in [1.82, 2.24) is 20.2 Å². The maximum atomic E-state index is 5.04. The van der Waals surface area contributed by atoms with Crippen molar-refractivity contribution in [3.63, 3.8) is 0 Å². The number of aromatic amines is 1. The zero-order chi connectivity index (χ0) is 9.26. The van der Waals surface area contributed by atoms with E-state index in [9.17, 15) is 0 Å². The molecule has 0 amide bonds. The zero-order valence-corrected chi connectivity index (χ0v) is 7.24. The largest absolute Gasteiger partial charge is 0.480 e. The van der Waals surface area contributed by atoms with Crippen LogP contribution >= 0.6 is 0 Å². The minimum atomic E-state index is 0.258. The molecule has 2 aromatic heterocycles. The highest BCUT2D eigenvalue weighted by Gasteiger charge is 2.09. The fourth-order valence-electron chi connectivity index (χ4n) is 1.04. The molecule has 0 atom stereocenters. The maximum Gasteiger partial charge on any atom is 0.321 e. The van der Waals surface area contributed by atoms with Gasteiger partial charge in [-0.3, -0.25) is 5.10 Å². The van der Waals surface area contributed by atoms with Crippen molar-refractivity contribution in [3.05, 3.63) is 6.20 Å². The summed E-state index contributed by atoms with van der Waals surface area (Å²) in [6, 6.07) is 0.258. The number of methoxy groups -OCH3 is 2. The van der Waals surface area contributed by atoms with E-state index in [0.29, 0.717) is 11.5 Å². The van der Waals surface area contributed by atoms with Crippen molar-refractivity contribution in [3.8, 4) is 11.9 Å². The molecule has 6 nitrogen and oxygen atoms in total. The summed E-state index contributed by atoms with van der Waals surface area (Å²) in [5, 5.41) is 7.27. The molecule has 0 unspecified atom stereocenters. The summed E-state index contributed by atoms with van der Waals surface area (Å²) in [4.78, 5) is 8.03. The van der Waals surface area contributed by atoms with Gasteiger partial charge >= 0.3 is 6.01 Å². The van der Waals surface area contributed by atoms with Crippen molar-refractivity contribution < 1.29 is 9.47 Å². The second-order valence-electron chi connectivity index (χ2n) is 2.35. The Morgan fingerprint density at radius 3 is 2.77 bits per heavy atom. The van der Waals surface area contributed by atoms with E-state index in [0.717, 1.165) is 5.39 Å². The topological polar surface area (TPSA) is 72.9 Å². The molecule has 0 bridgehead atoms. The highest BCUT2D eigenvalue weighted by molar-refractivity contribution is 5.79. The van der Waals surface area contributed by atoms with Gasteiger partial charge in [-0.15, -0.1) is 0 Å². The number of aromatic nitrogens is 4. The lowest BCUT2D eigenvalue weighted by molar-refractivity contribution is 0.357. The number of hydrogen-bond acceptors (Lipinski definition) is 5. The molecule has 0 aromatic carbocycles. The normalized spacial score (nSPS) is 10.3. The van der Waals surface area contributed by atoms with Gasteiger partial charge in [-0.05, 0) is 0 Å². The number of fused-ring (bicyclic) bond motifs is 1. The predicted octanol–water partition coefficient (Wildman–Crippen LogP) is 0.370. The fourth-order valence-corrected chi connectivity index (χ4v) is 1.04. The highest BCUT2D eigenvalue weighted by atomic mass is 16.5. The van der Waals surface area contributed by atoms with Gasteiger partial charge in [0.25, 0.3) is 0 Å². The molecule has 68 valence electrons. The van der Waals surface area contributed by atoms with E-state index in [2.05, 4.69) is 20.2 Å². The molecule has 2 heterocycles. The van der Waals surface area contributed by atoms with E-state index in [1.54, 1.807) is 6.20 Å². The van der Waals surface area contributed by atoms with Gasteiger partial charge in [-0.25, -0.2) is 0 Å². The Balaban J connectivity index is 2.70. The third-order valence-corrected chi connectivity index (χ3v) is 1.63. The van der Waals surface area contributed by atoms with E-state index in [1.807, 2.05) is 0 Å². The lowest BCUT2D eigenvalue weighted by Crippen LogP contribution is -1.95. The van der Waals surface area contributed by atoms with Gasteiger partial charge in [0.2, 0.25) is 5.88 Å². The highest BCUT2D eigenvalue weighted by Crippen LogP contribution is 2.21. The van der Waals surface area contributed by atoms with E-state index in [-0.39, 0.29) is 6.01 Å². The van der Waals surface area contributed by atoms with Crippen LogP contribution in [0.3, 0.4) is 0 Å². The van der Waals surface area contributed by atoms with Gasteiger partial charge in [-0.2, -0.15) is 15.1 Å². The standard InChI is InChI=1S/C7H8N4O2/c1-12-6-4-3-8-11-5(4)9-7(10-6)13-2/h3H,1-2H3,(H,8,9,10,11). The van der Waals surface area contributed by atoms with Crippen molar-refractivity contribution in [2.24, 2.45) is 0 Å². The van der Waals surface area contributed by atoms with Crippen molar-refractivity contribution in [2.75, 3.05) is 14.2 Å². The minimum Gasteiger partial charge on any atom is -0.480 e. The predicted molar refractivity (Wildman–Crippen MR) is 44.8 cm³/mol. The summed E-state index contributed by atoms with van der Waals surface area (Å²) in [5.41, 5.74) is 0.601. The molecule has 0 fully saturated rings. The van der Waals surface area contributed by atoms with Crippen LogP contribution in [-0.4, -0.2) is 34.4 Å². The maximum absolute atomic E-state index is 5.04. The van der Waals surface area contributed by atoms with Gasteiger partial charge in [0.05, 0.1) is 20.4 Å². The van der Waals surface area contributed by atoms with E-state index in [1.165, 1.54) is 14.2 Å². The Labute approximate surface area is 73.9 Å². The molecular formula is C7H8N4O2. The number of nitrogens with one attached hydrogen (secondary N) is 1. The van der Waals surface area contributed by atoms with E-state index >= 15 is 0 Å². The van der Waals surface area contributed by atoms with Crippen LogP contribution in [0, 0.1) is 0 Å². The first-order valence-corrected chi connectivity index (χ1v) is 3.64. The average Bonchev–Trinajstić information content (AvgIpc) is 2.63. The third-order valence-electron chi connectivity index (χ3n) is 1.63. The lowest BCUT2D eigenvalue weighted by Gasteiger charge is -2.01. The summed E-state index contributed by atoms with van der Waals surface area (Å²) in [5.74, 6) is 0.454. The van der Waals surface area contributed by atoms with Crippen molar-refractivity contribution in [2.45, 2.75) is 0 Å². The fraction of sp³-hybridized carbons (Fsp3) is 0.286. The van der Waals surface area contributed by atoms with Crippen LogP contribution in [0.4, 0.5) is 0 Å². The van der Waals surface area contributed by atoms with Crippen LogP contribution < -0.4 is 9.47 Å². The number of nitrogens with zero attached hydrogens (tertiary/aromatic N) is 3. The van der Waals surface area contributed by atoms with Crippen LogP contribution in [0.5, 0.6) is 11.9 Å². The number of rotatable bonds is 2. The Bertz CT molecular complexity index is 425. The Hall–Kier alpha value is -1.85. The second-order valence-corrected chi connectivity index (χ2v) is 2.35. The average molecular weight is 180 g/mol. The molecule has 1 N–H and O–H groups in total. The van der Waals surface area contributed by atoms with Gasteiger partial charge < -0.3 is 9.47 Å². The SMILES string of the molecule is COc1nc(OC)c2cn[nH]c2n1. The van der Waals surface area contributed by atoms with E-state index < -0.39 is 0 Å². The molecule has 0 aliphatic rings. The summed E-state index contributed by atoms with van der Waals surface area (Å²) >= 11 is 0. The Kier molecular flexibility index (Phi) is 1.73. The molecular weight excluding hydrogens is 172 g/mol. The molecule has 0 aliphatic carbocycles.